The number of nitrogens with zero attached hydrogens (tertiary/aromatic N) is 3. The molecule has 0 aromatic carbocycles. The lowest BCUT2D eigenvalue weighted by Crippen LogP contribution is -2.30. The SMILES string of the molecule is CCCCCCCC(=O)OCC(COCn1cnc2c(=O)[nH]c(N)nc21)OC(=O)CCCCCCC. The summed E-state index contributed by atoms with van der Waals surface area (Å²) in [7, 11) is 0. The van der Waals surface area contributed by atoms with Crippen molar-refractivity contribution in [2.75, 3.05) is 18.9 Å². The van der Waals surface area contributed by atoms with E-state index in [-0.39, 0.29) is 49.0 Å². The van der Waals surface area contributed by atoms with Crippen LogP contribution in [0.25, 0.3) is 11.2 Å². The molecule has 202 valence electrons. The number of H-pyrrole nitrogens is 1. The van der Waals surface area contributed by atoms with E-state index in [2.05, 4.69) is 28.8 Å². The Morgan fingerprint density at radius 3 is 2.28 bits per heavy atom. The fourth-order valence-electron chi connectivity index (χ4n) is 3.71. The molecule has 2 aromatic rings. The van der Waals surface area contributed by atoms with Crippen molar-refractivity contribution in [3.05, 3.63) is 16.7 Å². The number of aromatic nitrogens is 4. The lowest BCUT2D eigenvalue weighted by molar-refractivity contribution is -0.163. The van der Waals surface area contributed by atoms with Crippen molar-refractivity contribution in [2.45, 2.75) is 104 Å². The van der Waals surface area contributed by atoms with Gasteiger partial charge in [0, 0.05) is 12.8 Å². The summed E-state index contributed by atoms with van der Waals surface area (Å²) in [6.45, 7) is 4.21. The molecule has 0 aliphatic heterocycles. The van der Waals surface area contributed by atoms with E-state index in [1.807, 2.05) is 0 Å². The van der Waals surface area contributed by atoms with E-state index in [4.69, 9.17) is 19.9 Å². The molecule has 0 saturated heterocycles. The summed E-state index contributed by atoms with van der Waals surface area (Å²) in [4.78, 5) is 46.9. The Bertz CT molecular complexity index is 989. The Balaban J connectivity index is 1.86. The number of ether oxygens (including phenoxy) is 3. The van der Waals surface area contributed by atoms with Crippen molar-refractivity contribution in [1.29, 1.82) is 0 Å². The summed E-state index contributed by atoms with van der Waals surface area (Å²) in [5, 5.41) is 0. The number of nitrogen functional groups attached to an aromatic ring is 1. The molecule has 2 rings (SSSR count). The van der Waals surface area contributed by atoms with Gasteiger partial charge in [-0.3, -0.25) is 23.9 Å². The second kappa shape index (κ2) is 16.7. The molecule has 0 spiro atoms. The molecular formula is C25H41N5O6. The molecule has 2 heterocycles. The van der Waals surface area contributed by atoms with Gasteiger partial charge in [0.2, 0.25) is 5.95 Å². The molecule has 1 atom stereocenters. The smallest absolute Gasteiger partial charge is 0.306 e. The first-order valence-corrected chi connectivity index (χ1v) is 13.1. The number of nitrogens with two attached hydrogens (primary N) is 1. The summed E-state index contributed by atoms with van der Waals surface area (Å²) in [6, 6.07) is 0. The van der Waals surface area contributed by atoms with Crippen molar-refractivity contribution in [2.24, 2.45) is 0 Å². The highest BCUT2D eigenvalue weighted by atomic mass is 16.6. The van der Waals surface area contributed by atoms with Crippen molar-refractivity contribution in [1.82, 2.24) is 19.5 Å². The minimum absolute atomic E-state index is 0.00281. The number of rotatable bonds is 19. The maximum atomic E-state index is 12.3. The van der Waals surface area contributed by atoms with Crippen LogP contribution in [0.2, 0.25) is 0 Å². The van der Waals surface area contributed by atoms with Crippen molar-refractivity contribution in [3.8, 4) is 0 Å². The predicted molar refractivity (Wildman–Crippen MR) is 136 cm³/mol. The molecule has 2 aromatic heterocycles. The van der Waals surface area contributed by atoms with E-state index in [1.54, 1.807) is 0 Å². The first-order chi connectivity index (χ1) is 17.4. The van der Waals surface area contributed by atoms with Crippen molar-refractivity contribution < 1.29 is 23.8 Å². The van der Waals surface area contributed by atoms with E-state index >= 15 is 0 Å². The third-order valence-corrected chi connectivity index (χ3v) is 5.72. The molecule has 0 fully saturated rings. The number of carbonyl (C=O) groups is 2. The number of aromatic amines is 1. The average molecular weight is 508 g/mol. The highest BCUT2D eigenvalue weighted by molar-refractivity contribution is 5.71. The number of unbranched alkanes of at least 4 members (excludes halogenated alkanes) is 8. The minimum Gasteiger partial charge on any atom is -0.462 e. The number of carbonyl (C=O) groups excluding carboxylic acids is 2. The van der Waals surface area contributed by atoms with Gasteiger partial charge in [0.05, 0.1) is 12.9 Å². The fourth-order valence-corrected chi connectivity index (χ4v) is 3.71. The third-order valence-electron chi connectivity index (χ3n) is 5.72. The molecule has 3 N–H and O–H groups in total. The standard InChI is InChI=1S/C25H41N5O6/c1-3-5-7-9-11-13-20(31)35-16-19(36-21(32)14-12-10-8-6-4-2)15-34-18-30-17-27-22-23(30)28-25(26)29-24(22)33/h17,19H,3-16,18H2,1-2H3,(H3,26,28,29,33). The van der Waals surface area contributed by atoms with Crippen LogP contribution < -0.4 is 11.3 Å². The van der Waals surface area contributed by atoms with Gasteiger partial charge in [0.15, 0.2) is 17.3 Å². The summed E-state index contributed by atoms with van der Waals surface area (Å²) in [5.41, 5.74) is 5.61. The summed E-state index contributed by atoms with van der Waals surface area (Å²) < 4.78 is 18.2. The molecule has 0 aliphatic carbocycles. The number of anilines is 1. The lowest BCUT2D eigenvalue weighted by Gasteiger charge is -2.18. The van der Waals surface area contributed by atoms with E-state index < -0.39 is 11.7 Å². The molecule has 0 saturated carbocycles. The largest absolute Gasteiger partial charge is 0.462 e. The highest BCUT2D eigenvalue weighted by Crippen LogP contribution is 2.10. The van der Waals surface area contributed by atoms with Crippen LogP contribution in [-0.4, -0.2) is 50.8 Å². The van der Waals surface area contributed by atoms with Crippen LogP contribution in [0.1, 0.15) is 90.9 Å². The molecule has 0 aliphatic rings. The van der Waals surface area contributed by atoms with E-state index in [9.17, 15) is 14.4 Å². The predicted octanol–water partition coefficient (Wildman–Crippen LogP) is 3.85. The van der Waals surface area contributed by atoms with Crippen LogP contribution in [0.5, 0.6) is 0 Å². The topological polar surface area (TPSA) is 151 Å². The second-order valence-electron chi connectivity index (χ2n) is 8.96. The van der Waals surface area contributed by atoms with Crippen LogP contribution in [0, 0.1) is 0 Å². The quantitative estimate of drug-likeness (QED) is 0.213. The maximum absolute atomic E-state index is 12.3. The molecule has 11 heteroatoms. The zero-order chi connectivity index (χ0) is 26.2. The number of imidazole rings is 1. The highest BCUT2D eigenvalue weighted by Gasteiger charge is 2.18. The summed E-state index contributed by atoms with van der Waals surface area (Å²) in [6.07, 6.45) is 11.6. The Kier molecular flexibility index (Phi) is 13.6. The summed E-state index contributed by atoms with van der Waals surface area (Å²) in [5.74, 6) is -0.682. The fraction of sp³-hybridized carbons (Fsp3) is 0.720. The number of hydrogen-bond donors (Lipinski definition) is 2. The summed E-state index contributed by atoms with van der Waals surface area (Å²) >= 11 is 0. The van der Waals surface area contributed by atoms with Gasteiger partial charge in [-0.2, -0.15) is 4.98 Å². The van der Waals surface area contributed by atoms with Gasteiger partial charge in [-0.15, -0.1) is 0 Å². The average Bonchev–Trinajstić information content (AvgIpc) is 3.25. The van der Waals surface area contributed by atoms with Crippen LogP contribution >= 0.6 is 0 Å². The van der Waals surface area contributed by atoms with Gasteiger partial charge in [0.1, 0.15) is 13.3 Å². The van der Waals surface area contributed by atoms with Crippen LogP contribution in [0.3, 0.4) is 0 Å². The molecule has 0 radical (unpaired) electrons. The Labute approximate surface area is 212 Å². The van der Waals surface area contributed by atoms with Gasteiger partial charge >= 0.3 is 11.9 Å². The molecule has 0 amide bonds. The first-order valence-electron chi connectivity index (χ1n) is 13.1. The molecule has 1 unspecified atom stereocenters. The number of hydrogen-bond acceptors (Lipinski definition) is 9. The normalized spacial score (nSPS) is 12.1. The third kappa shape index (κ3) is 10.8. The molecule has 0 bridgehead atoms. The van der Waals surface area contributed by atoms with E-state index in [0.29, 0.717) is 12.8 Å². The molecule has 36 heavy (non-hydrogen) atoms. The monoisotopic (exact) mass is 507 g/mol. The van der Waals surface area contributed by atoms with Gasteiger partial charge in [0.25, 0.3) is 5.56 Å². The minimum atomic E-state index is -0.742. The number of esters is 2. The van der Waals surface area contributed by atoms with Crippen molar-refractivity contribution >= 4 is 29.1 Å². The van der Waals surface area contributed by atoms with E-state index in [0.717, 1.165) is 64.2 Å². The molecular weight excluding hydrogens is 466 g/mol. The van der Waals surface area contributed by atoms with Crippen molar-refractivity contribution in [3.63, 3.8) is 0 Å². The van der Waals surface area contributed by atoms with Gasteiger partial charge < -0.3 is 19.9 Å². The van der Waals surface area contributed by atoms with Crippen LogP contribution in [0.4, 0.5) is 5.95 Å². The zero-order valence-corrected chi connectivity index (χ0v) is 21.6. The number of nitrogens with one attached hydrogen (secondary N) is 1. The lowest BCUT2D eigenvalue weighted by atomic mass is 10.1. The van der Waals surface area contributed by atoms with Gasteiger partial charge in [-0.25, -0.2) is 4.98 Å². The zero-order valence-electron chi connectivity index (χ0n) is 21.6. The maximum Gasteiger partial charge on any atom is 0.306 e. The van der Waals surface area contributed by atoms with Crippen LogP contribution in [0.15, 0.2) is 11.1 Å². The van der Waals surface area contributed by atoms with E-state index in [1.165, 1.54) is 10.9 Å². The van der Waals surface area contributed by atoms with Crippen LogP contribution in [-0.2, 0) is 30.5 Å². The van der Waals surface area contributed by atoms with Gasteiger partial charge in [-0.1, -0.05) is 65.2 Å². The molecule has 11 nitrogen and oxygen atoms in total. The number of fused-ring (bicyclic) bond motifs is 1. The Morgan fingerprint density at radius 2 is 1.61 bits per heavy atom. The Morgan fingerprint density at radius 1 is 0.972 bits per heavy atom. The second-order valence-corrected chi connectivity index (χ2v) is 8.96. The Hall–Kier alpha value is -2.95. The van der Waals surface area contributed by atoms with Gasteiger partial charge in [-0.05, 0) is 12.8 Å². The first kappa shape index (κ1) is 29.3.